The number of rotatable bonds is 20. The molecule has 0 saturated heterocycles. The maximum absolute atomic E-state index is 14.1. The van der Waals surface area contributed by atoms with Crippen molar-refractivity contribution in [3.63, 3.8) is 0 Å². The monoisotopic (exact) mass is 742 g/mol. The fraction of sp³-hybridized carbons (Fsp3) is 0.439. The Bertz CT molecular complexity index is 1790. The predicted molar refractivity (Wildman–Crippen MR) is 206 cm³/mol. The van der Waals surface area contributed by atoms with Crippen molar-refractivity contribution in [1.82, 2.24) is 31.2 Å². The van der Waals surface area contributed by atoms with Crippen LogP contribution in [0, 0.1) is 11.8 Å². The summed E-state index contributed by atoms with van der Waals surface area (Å²) in [7, 11) is 0. The van der Waals surface area contributed by atoms with Crippen LogP contribution in [0.1, 0.15) is 63.8 Å². The van der Waals surface area contributed by atoms with Gasteiger partial charge in [-0.1, -0.05) is 107 Å². The number of carbonyl (C=O) groups excluding carboxylic acids is 4. The third kappa shape index (κ3) is 13.0. The first-order chi connectivity index (χ1) is 25.9. The summed E-state index contributed by atoms with van der Waals surface area (Å²) >= 11 is 0. The van der Waals surface area contributed by atoms with Crippen molar-refractivity contribution in [3.05, 3.63) is 102 Å². The second-order valence-corrected chi connectivity index (χ2v) is 14.2. The van der Waals surface area contributed by atoms with E-state index in [0.29, 0.717) is 12.1 Å². The summed E-state index contributed by atoms with van der Waals surface area (Å²) in [5.41, 5.74) is 2.05. The van der Waals surface area contributed by atoms with Crippen LogP contribution in [-0.2, 0) is 38.6 Å². The highest BCUT2D eigenvalue weighted by Gasteiger charge is 2.32. The second-order valence-electron chi connectivity index (χ2n) is 14.2. The molecule has 4 amide bonds. The predicted octanol–water partition coefficient (Wildman–Crippen LogP) is 3.93. The van der Waals surface area contributed by atoms with Crippen LogP contribution in [0.2, 0.25) is 0 Å². The topological polar surface area (TPSA) is 195 Å². The zero-order chi connectivity index (χ0) is 39.0. The number of alkyl carbamates (subject to hydrolysis) is 1. The number of aliphatic hydroxyl groups excluding tert-OH is 2. The minimum atomic E-state index is -1.25. The first-order valence-corrected chi connectivity index (χ1v) is 18.6. The molecule has 290 valence electrons. The number of aliphatic hydroxyl groups is 2. The van der Waals surface area contributed by atoms with Gasteiger partial charge in [-0.05, 0) is 40.2 Å². The summed E-state index contributed by atoms with van der Waals surface area (Å²) in [5, 5.41) is 34.2. The Morgan fingerprint density at radius 1 is 0.796 bits per heavy atom. The Morgan fingerprint density at radius 2 is 1.48 bits per heavy atom. The van der Waals surface area contributed by atoms with Gasteiger partial charge in [0.05, 0.1) is 43.2 Å². The molecule has 6 atom stereocenters. The maximum Gasteiger partial charge on any atom is 0.408 e. The van der Waals surface area contributed by atoms with E-state index in [-0.39, 0.29) is 44.3 Å². The summed E-state index contributed by atoms with van der Waals surface area (Å²) in [6, 6.07) is 19.1. The SMILES string of the molecule is CC[C@H](C)[C@@H](CO)NC(=O)C[C@H](O)[C@H](CC(C)C)NC(=O)[C@H](Cc1c[nH]cn1)NC(=O)[C@H](Cc1ccc2ccccc2c1)NC(=O)OCc1ccccc1. The molecule has 0 spiro atoms. The molecule has 0 aliphatic heterocycles. The molecule has 0 saturated carbocycles. The Balaban J connectivity index is 1.53. The first-order valence-electron chi connectivity index (χ1n) is 18.6. The molecule has 1 aromatic heterocycles. The Hall–Kier alpha value is -5.27. The largest absolute Gasteiger partial charge is 0.445 e. The molecule has 13 nitrogen and oxygen atoms in total. The molecule has 7 N–H and O–H groups in total. The van der Waals surface area contributed by atoms with Gasteiger partial charge in [-0.25, -0.2) is 9.78 Å². The molecule has 4 rings (SSSR count). The zero-order valence-corrected chi connectivity index (χ0v) is 31.5. The highest BCUT2D eigenvalue weighted by atomic mass is 16.5. The van der Waals surface area contributed by atoms with E-state index in [1.54, 1.807) is 6.20 Å². The van der Waals surface area contributed by atoms with Gasteiger partial charge in [0, 0.05) is 19.0 Å². The van der Waals surface area contributed by atoms with E-state index < -0.39 is 54.1 Å². The van der Waals surface area contributed by atoms with E-state index in [1.165, 1.54) is 6.33 Å². The van der Waals surface area contributed by atoms with Gasteiger partial charge in [0.1, 0.15) is 18.7 Å². The van der Waals surface area contributed by atoms with Crippen molar-refractivity contribution >= 4 is 34.6 Å². The maximum atomic E-state index is 14.1. The van der Waals surface area contributed by atoms with E-state index >= 15 is 0 Å². The minimum absolute atomic E-state index is 0.000285. The molecule has 3 aromatic carbocycles. The molecule has 13 heteroatoms. The van der Waals surface area contributed by atoms with Crippen LogP contribution < -0.4 is 21.3 Å². The average Bonchev–Trinajstić information content (AvgIpc) is 3.68. The van der Waals surface area contributed by atoms with Crippen LogP contribution in [-0.4, -0.2) is 80.9 Å². The third-order valence-electron chi connectivity index (χ3n) is 9.46. The Morgan fingerprint density at radius 3 is 2.15 bits per heavy atom. The number of amides is 4. The van der Waals surface area contributed by atoms with Crippen LogP contribution in [0.5, 0.6) is 0 Å². The van der Waals surface area contributed by atoms with Gasteiger partial charge in [0.15, 0.2) is 0 Å². The van der Waals surface area contributed by atoms with E-state index in [1.807, 2.05) is 100 Å². The fourth-order valence-electron chi connectivity index (χ4n) is 6.16. The standard InChI is InChI=1S/C41H54N6O7/c1-5-27(4)36(23-48)44-38(50)21-37(49)33(17-26(2)3)45-40(52)35(20-32-22-42-25-43-32)46-39(51)34(47-41(53)54-24-28-11-7-6-8-12-28)19-29-15-16-30-13-9-10-14-31(30)18-29/h6-16,18,22,25-27,33-37,48-49H,5,17,19-21,23-24H2,1-4H3,(H,42,43)(H,44,50)(H,45,52)(H,46,51)(H,47,53)/t27-,33-,34-,35-,36+,37-/m0/s1. The lowest BCUT2D eigenvalue weighted by Gasteiger charge is -2.29. The van der Waals surface area contributed by atoms with Crippen molar-refractivity contribution in [2.75, 3.05) is 6.61 Å². The molecule has 54 heavy (non-hydrogen) atoms. The summed E-state index contributed by atoms with van der Waals surface area (Å²) in [6.07, 6.45) is 1.90. The van der Waals surface area contributed by atoms with E-state index in [4.69, 9.17) is 4.74 Å². The van der Waals surface area contributed by atoms with Crippen molar-refractivity contribution in [2.24, 2.45) is 11.8 Å². The number of fused-ring (bicyclic) bond motifs is 1. The van der Waals surface area contributed by atoms with E-state index in [9.17, 15) is 29.4 Å². The molecular formula is C41H54N6O7. The normalized spacial score (nSPS) is 14.6. The van der Waals surface area contributed by atoms with Crippen molar-refractivity contribution in [3.8, 4) is 0 Å². The summed E-state index contributed by atoms with van der Waals surface area (Å²) < 4.78 is 5.45. The van der Waals surface area contributed by atoms with Gasteiger partial charge < -0.3 is 41.2 Å². The second kappa shape index (κ2) is 20.8. The number of nitrogens with one attached hydrogen (secondary N) is 5. The molecule has 0 aliphatic rings. The molecule has 0 unspecified atom stereocenters. The number of imidazole rings is 1. The number of H-pyrrole nitrogens is 1. The van der Waals surface area contributed by atoms with Crippen molar-refractivity contribution < 1.29 is 34.1 Å². The Kier molecular flexibility index (Phi) is 16.0. The van der Waals surface area contributed by atoms with Crippen LogP contribution in [0.15, 0.2) is 85.3 Å². The number of benzene rings is 3. The summed E-state index contributed by atoms with van der Waals surface area (Å²) in [5.74, 6) is -1.61. The number of carbonyl (C=O) groups is 4. The fourth-order valence-corrected chi connectivity index (χ4v) is 6.16. The van der Waals surface area contributed by atoms with Gasteiger partial charge in [-0.15, -0.1) is 0 Å². The van der Waals surface area contributed by atoms with Crippen LogP contribution in [0.4, 0.5) is 4.79 Å². The molecule has 0 fully saturated rings. The van der Waals surface area contributed by atoms with Crippen LogP contribution in [0.25, 0.3) is 10.8 Å². The van der Waals surface area contributed by atoms with E-state index in [0.717, 1.165) is 28.3 Å². The molecule has 0 radical (unpaired) electrons. The summed E-state index contributed by atoms with van der Waals surface area (Å²) in [6.45, 7) is 7.50. The third-order valence-corrected chi connectivity index (χ3v) is 9.46. The highest BCUT2D eigenvalue weighted by molar-refractivity contribution is 5.92. The lowest BCUT2D eigenvalue weighted by Crippen LogP contribution is -2.57. The Labute approximate surface area is 316 Å². The minimum Gasteiger partial charge on any atom is -0.445 e. The summed E-state index contributed by atoms with van der Waals surface area (Å²) in [4.78, 5) is 61.2. The van der Waals surface area contributed by atoms with Crippen molar-refractivity contribution in [1.29, 1.82) is 0 Å². The molecule has 0 aliphatic carbocycles. The lowest BCUT2D eigenvalue weighted by atomic mass is 9.95. The van der Waals surface area contributed by atoms with Crippen molar-refractivity contribution in [2.45, 2.75) is 96.7 Å². The first kappa shape index (κ1) is 41.5. The smallest absolute Gasteiger partial charge is 0.408 e. The van der Waals surface area contributed by atoms with Gasteiger partial charge in [0.2, 0.25) is 17.7 Å². The van der Waals surface area contributed by atoms with Crippen LogP contribution >= 0.6 is 0 Å². The van der Waals surface area contributed by atoms with Gasteiger partial charge in [0.25, 0.3) is 0 Å². The van der Waals surface area contributed by atoms with Gasteiger partial charge in [-0.2, -0.15) is 0 Å². The molecule has 0 bridgehead atoms. The lowest BCUT2D eigenvalue weighted by molar-refractivity contribution is -0.131. The van der Waals surface area contributed by atoms with Gasteiger partial charge >= 0.3 is 6.09 Å². The number of aromatic nitrogens is 2. The average molecular weight is 743 g/mol. The number of hydrogen-bond donors (Lipinski definition) is 7. The number of aromatic amines is 1. The van der Waals surface area contributed by atoms with Gasteiger partial charge in [-0.3, -0.25) is 14.4 Å². The number of hydrogen-bond acceptors (Lipinski definition) is 8. The number of ether oxygens (including phenoxy) is 1. The molecule has 4 aromatic rings. The molecule has 1 heterocycles. The molecular weight excluding hydrogens is 688 g/mol. The van der Waals surface area contributed by atoms with Crippen LogP contribution in [0.3, 0.4) is 0 Å². The number of nitrogens with zero attached hydrogens (tertiary/aromatic N) is 1. The zero-order valence-electron chi connectivity index (χ0n) is 31.5. The quantitative estimate of drug-likeness (QED) is 0.0708. The van der Waals surface area contributed by atoms with E-state index in [2.05, 4.69) is 31.2 Å². The highest BCUT2D eigenvalue weighted by Crippen LogP contribution is 2.18.